The van der Waals surface area contributed by atoms with Crippen molar-refractivity contribution in [2.24, 2.45) is 0 Å². The van der Waals surface area contributed by atoms with Gasteiger partial charge in [-0.25, -0.2) is 0 Å². The Morgan fingerprint density at radius 1 is 1.30 bits per heavy atom. The number of carbonyl (C=O) groups excluding carboxylic acids is 1. The largest absolute Gasteiger partial charge is 0.472 e. The molecule has 3 rings (SSSR count). The number of rotatable bonds is 4. The van der Waals surface area contributed by atoms with Crippen LogP contribution in [0, 0.1) is 0 Å². The number of hydrogen-bond acceptors (Lipinski definition) is 3. The molecule has 20 heavy (non-hydrogen) atoms. The average Bonchev–Trinajstić information content (AvgIpc) is 3.19. The van der Waals surface area contributed by atoms with Gasteiger partial charge in [-0.15, -0.1) is 0 Å². The van der Waals surface area contributed by atoms with Gasteiger partial charge in [0.25, 0.3) is 0 Å². The lowest BCUT2D eigenvalue weighted by Gasteiger charge is -2.27. The molecule has 0 aliphatic carbocycles. The average molecular weight is 274 g/mol. The molecule has 1 atom stereocenters. The normalized spacial score (nSPS) is 24.0. The summed E-state index contributed by atoms with van der Waals surface area (Å²) in [5, 5.41) is 0. The van der Waals surface area contributed by atoms with Crippen molar-refractivity contribution in [3.8, 4) is 0 Å². The lowest BCUT2D eigenvalue weighted by Crippen LogP contribution is -2.41. The molecule has 2 saturated heterocycles. The van der Waals surface area contributed by atoms with Crippen LogP contribution in [0.3, 0.4) is 0 Å². The number of nitrogens with zero attached hydrogens (tertiary/aromatic N) is 2. The molecule has 4 heteroatoms. The number of carbonyl (C=O) groups is 1. The molecule has 0 radical (unpaired) electrons. The highest BCUT2D eigenvalue weighted by molar-refractivity contribution is 5.92. The van der Waals surface area contributed by atoms with Gasteiger partial charge in [-0.05, 0) is 50.9 Å². The molecule has 0 unspecified atom stereocenters. The molecule has 0 aromatic carbocycles. The highest BCUT2D eigenvalue weighted by atomic mass is 16.3. The van der Waals surface area contributed by atoms with Crippen molar-refractivity contribution in [2.75, 3.05) is 26.2 Å². The number of amides is 1. The first-order chi connectivity index (χ1) is 9.83. The molecule has 0 N–H and O–H groups in total. The molecule has 2 aliphatic heterocycles. The van der Waals surface area contributed by atoms with Crippen molar-refractivity contribution in [2.45, 2.75) is 31.7 Å². The standard InChI is InChI=1S/C16H22N2O2/c19-16(6-5-14-7-11-20-13-14)18-10-3-4-15(18)12-17-8-1-2-9-17/h5-7,11,13,15H,1-4,8-10,12H2/b6-5+/t15-/m0/s1. The predicted molar refractivity (Wildman–Crippen MR) is 78.2 cm³/mol. The Bertz CT molecular complexity index is 461. The fourth-order valence-corrected chi connectivity index (χ4v) is 3.21. The zero-order valence-electron chi connectivity index (χ0n) is 11.8. The minimum Gasteiger partial charge on any atom is -0.472 e. The summed E-state index contributed by atoms with van der Waals surface area (Å²) in [6.45, 7) is 4.34. The molecule has 0 bridgehead atoms. The Balaban J connectivity index is 1.58. The Labute approximate surface area is 120 Å². The maximum atomic E-state index is 12.3. The van der Waals surface area contributed by atoms with E-state index >= 15 is 0 Å². The summed E-state index contributed by atoms with van der Waals surface area (Å²) in [5.41, 5.74) is 0.939. The van der Waals surface area contributed by atoms with Crippen LogP contribution < -0.4 is 0 Å². The smallest absolute Gasteiger partial charge is 0.246 e. The molecular formula is C16H22N2O2. The predicted octanol–water partition coefficient (Wildman–Crippen LogP) is 2.38. The third-order valence-electron chi connectivity index (χ3n) is 4.29. The zero-order valence-corrected chi connectivity index (χ0v) is 11.8. The van der Waals surface area contributed by atoms with Gasteiger partial charge in [0, 0.05) is 30.8 Å². The fourth-order valence-electron chi connectivity index (χ4n) is 3.21. The van der Waals surface area contributed by atoms with E-state index in [0.717, 1.165) is 31.5 Å². The third-order valence-corrected chi connectivity index (χ3v) is 4.29. The van der Waals surface area contributed by atoms with Gasteiger partial charge in [-0.2, -0.15) is 0 Å². The fraction of sp³-hybridized carbons (Fsp3) is 0.562. The van der Waals surface area contributed by atoms with Crippen molar-refractivity contribution >= 4 is 12.0 Å². The van der Waals surface area contributed by atoms with Gasteiger partial charge in [-0.3, -0.25) is 4.79 Å². The van der Waals surface area contributed by atoms with Crippen molar-refractivity contribution in [3.63, 3.8) is 0 Å². The minimum absolute atomic E-state index is 0.132. The first-order valence-corrected chi connectivity index (χ1v) is 7.56. The Morgan fingerprint density at radius 3 is 2.90 bits per heavy atom. The van der Waals surface area contributed by atoms with Crippen LogP contribution in [0.25, 0.3) is 6.08 Å². The van der Waals surface area contributed by atoms with Crippen LogP contribution in [0.1, 0.15) is 31.2 Å². The van der Waals surface area contributed by atoms with E-state index in [2.05, 4.69) is 4.90 Å². The molecule has 3 heterocycles. The molecular weight excluding hydrogens is 252 g/mol. The Kier molecular flexibility index (Phi) is 4.21. The molecule has 2 aliphatic rings. The van der Waals surface area contributed by atoms with E-state index < -0.39 is 0 Å². The van der Waals surface area contributed by atoms with Crippen LogP contribution in [-0.4, -0.2) is 47.9 Å². The van der Waals surface area contributed by atoms with E-state index in [1.54, 1.807) is 18.6 Å². The summed E-state index contributed by atoms with van der Waals surface area (Å²) in [6.07, 6.45) is 11.7. The topological polar surface area (TPSA) is 36.7 Å². The van der Waals surface area contributed by atoms with Gasteiger partial charge in [0.2, 0.25) is 5.91 Å². The maximum Gasteiger partial charge on any atom is 0.246 e. The summed E-state index contributed by atoms with van der Waals surface area (Å²) in [7, 11) is 0. The van der Waals surface area contributed by atoms with Crippen molar-refractivity contribution in [1.82, 2.24) is 9.80 Å². The van der Waals surface area contributed by atoms with Crippen LogP contribution in [0.4, 0.5) is 0 Å². The minimum atomic E-state index is 0.132. The van der Waals surface area contributed by atoms with Gasteiger partial charge in [0.1, 0.15) is 0 Å². The van der Waals surface area contributed by atoms with E-state index in [-0.39, 0.29) is 5.91 Å². The Morgan fingerprint density at radius 2 is 2.15 bits per heavy atom. The SMILES string of the molecule is O=C(/C=C/c1ccoc1)N1CCC[C@H]1CN1CCCC1. The van der Waals surface area contributed by atoms with Gasteiger partial charge in [0.15, 0.2) is 0 Å². The lowest BCUT2D eigenvalue weighted by molar-refractivity contribution is -0.127. The lowest BCUT2D eigenvalue weighted by atomic mass is 10.2. The van der Waals surface area contributed by atoms with Crippen LogP contribution in [0.5, 0.6) is 0 Å². The van der Waals surface area contributed by atoms with E-state index in [4.69, 9.17) is 4.42 Å². The molecule has 0 saturated carbocycles. The monoisotopic (exact) mass is 274 g/mol. The van der Waals surface area contributed by atoms with Crippen molar-refractivity contribution in [3.05, 3.63) is 30.2 Å². The quantitative estimate of drug-likeness (QED) is 0.791. The molecule has 108 valence electrons. The maximum absolute atomic E-state index is 12.3. The summed E-state index contributed by atoms with van der Waals surface area (Å²) in [6, 6.07) is 2.25. The number of likely N-dealkylation sites (tertiary alicyclic amines) is 2. The van der Waals surface area contributed by atoms with Gasteiger partial charge in [-0.1, -0.05) is 0 Å². The van der Waals surface area contributed by atoms with E-state index in [0.29, 0.717) is 6.04 Å². The molecule has 1 aromatic rings. The van der Waals surface area contributed by atoms with Crippen molar-refractivity contribution < 1.29 is 9.21 Å². The van der Waals surface area contributed by atoms with Crippen LogP contribution in [0.15, 0.2) is 29.1 Å². The van der Waals surface area contributed by atoms with E-state index in [1.165, 1.54) is 25.9 Å². The van der Waals surface area contributed by atoms with Gasteiger partial charge < -0.3 is 14.2 Å². The van der Waals surface area contributed by atoms with Crippen molar-refractivity contribution in [1.29, 1.82) is 0 Å². The second-order valence-electron chi connectivity index (χ2n) is 5.73. The van der Waals surface area contributed by atoms with Gasteiger partial charge in [0.05, 0.1) is 12.5 Å². The van der Waals surface area contributed by atoms with E-state index in [1.807, 2.05) is 17.0 Å². The molecule has 0 spiro atoms. The van der Waals surface area contributed by atoms with E-state index in [9.17, 15) is 4.79 Å². The third kappa shape index (κ3) is 3.12. The highest BCUT2D eigenvalue weighted by Gasteiger charge is 2.29. The second kappa shape index (κ2) is 6.27. The summed E-state index contributed by atoms with van der Waals surface area (Å²) < 4.78 is 5.00. The first-order valence-electron chi connectivity index (χ1n) is 7.56. The molecule has 1 aromatic heterocycles. The first kappa shape index (κ1) is 13.4. The summed E-state index contributed by atoms with van der Waals surface area (Å²) in [4.78, 5) is 16.8. The molecule has 4 nitrogen and oxygen atoms in total. The molecule has 1 amide bonds. The number of hydrogen-bond donors (Lipinski definition) is 0. The highest BCUT2D eigenvalue weighted by Crippen LogP contribution is 2.21. The summed E-state index contributed by atoms with van der Waals surface area (Å²) in [5.74, 6) is 0.132. The summed E-state index contributed by atoms with van der Waals surface area (Å²) >= 11 is 0. The van der Waals surface area contributed by atoms with Crippen LogP contribution >= 0.6 is 0 Å². The van der Waals surface area contributed by atoms with Crippen LogP contribution in [0.2, 0.25) is 0 Å². The number of furan rings is 1. The Hall–Kier alpha value is -1.55. The second-order valence-corrected chi connectivity index (χ2v) is 5.73. The van der Waals surface area contributed by atoms with Crippen LogP contribution in [-0.2, 0) is 4.79 Å². The zero-order chi connectivity index (χ0) is 13.8. The van der Waals surface area contributed by atoms with Gasteiger partial charge >= 0.3 is 0 Å². The molecule has 2 fully saturated rings.